The SMILES string of the molecule is COCCCCCCN1CCn2cc(C(=O)NCc3ccc(F)cc3F)c(=O)c(O)c2C1=O. The van der Waals surface area contributed by atoms with Crippen LogP contribution in [0, 0.1) is 11.6 Å². The number of carbonyl (C=O) groups excluding carboxylic acids is 2. The molecule has 0 fully saturated rings. The Kier molecular flexibility index (Phi) is 8.16. The van der Waals surface area contributed by atoms with Gasteiger partial charge in [-0.25, -0.2) is 8.78 Å². The van der Waals surface area contributed by atoms with Crippen LogP contribution in [0.5, 0.6) is 5.75 Å². The molecular weight excluding hydrogens is 436 g/mol. The van der Waals surface area contributed by atoms with Crippen LogP contribution in [0.3, 0.4) is 0 Å². The highest BCUT2D eigenvalue weighted by molar-refractivity contribution is 5.99. The van der Waals surface area contributed by atoms with Crippen molar-refractivity contribution in [1.82, 2.24) is 14.8 Å². The maximum atomic E-state index is 13.8. The van der Waals surface area contributed by atoms with Gasteiger partial charge in [0.05, 0.1) is 0 Å². The molecule has 1 aromatic heterocycles. The Hall–Kier alpha value is -3.27. The van der Waals surface area contributed by atoms with E-state index in [0.717, 1.165) is 31.7 Å². The first-order valence-corrected chi connectivity index (χ1v) is 10.8. The van der Waals surface area contributed by atoms with Gasteiger partial charge in [-0.2, -0.15) is 0 Å². The number of hydrogen-bond donors (Lipinski definition) is 2. The Morgan fingerprint density at radius 2 is 1.91 bits per heavy atom. The van der Waals surface area contributed by atoms with Gasteiger partial charge in [0.25, 0.3) is 11.8 Å². The van der Waals surface area contributed by atoms with E-state index in [1.165, 1.54) is 16.8 Å². The first-order valence-electron chi connectivity index (χ1n) is 10.8. The lowest BCUT2D eigenvalue weighted by Crippen LogP contribution is -2.43. The normalized spacial score (nSPS) is 13.2. The van der Waals surface area contributed by atoms with Crippen molar-refractivity contribution in [3.8, 4) is 5.75 Å². The summed E-state index contributed by atoms with van der Waals surface area (Å²) >= 11 is 0. The van der Waals surface area contributed by atoms with Gasteiger partial charge in [-0.3, -0.25) is 14.4 Å². The minimum atomic E-state index is -0.979. The molecule has 10 heteroatoms. The number of hydrogen-bond acceptors (Lipinski definition) is 5. The summed E-state index contributed by atoms with van der Waals surface area (Å²) in [5.41, 5.74) is -1.45. The van der Waals surface area contributed by atoms with Crippen LogP contribution in [-0.4, -0.2) is 53.2 Å². The first-order chi connectivity index (χ1) is 15.8. The van der Waals surface area contributed by atoms with Gasteiger partial charge in [0.2, 0.25) is 5.43 Å². The average Bonchev–Trinajstić information content (AvgIpc) is 2.78. The summed E-state index contributed by atoms with van der Waals surface area (Å²) in [6, 6.07) is 2.94. The van der Waals surface area contributed by atoms with Gasteiger partial charge >= 0.3 is 0 Å². The summed E-state index contributed by atoms with van der Waals surface area (Å²) < 4.78 is 33.2. The number of nitrogens with one attached hydrogen (secondary N) is 1. The fraction of sp³-hybridized carbons (Fsp3) is 0.435. The number of nitrogens with zero attached hydrogens (tertiary/aromatic N) is 2. The van der Waals surface area contributed by atoms with Gasteiger partial charge in [-0.1, -0.05) is 18.9 Å². The van der Waals surface area contributed by atoms with Crippen molar-refractivity contribution < 1.29 is 28.2 Å². The lowest BCUT2D eigenvalue weighted by molar-refractivity contribution is 0.0691. The number of carbonyl (C=O) groups is 2. The van der Waals surface area contributed by atoms with Gasteiger partial charge in [0.1, 0.15) is 17.2 Å². The van der Waals surface area contributed by atoms with Crippen LogP contribution < -0.4 is 10.7 Å². The second kappa shape index (κ2) is 11.0. The Morgan fingerprint density at radius 1 is 1.15 bits per heavy atom. The maximum Gasteiger partial charge on any atom is 0.274 e. The molecule has 0 aliphatic carbocycles. The van der Waals surface area contributed by atoms with Crippen LogP contribution in [0.15, 0.2) is 29.2 Å². The van der Waals surface area contributed by atoms with Crippen LogP contribution >= 0.6 is 0 Å². The van der Waals surface area contributed by atoms with E-state index in [0.29, 0.717) is 32.3 Å². The van der Waals surface area contributed by atoms with Gasteiger partial charge in [0.15, 0.2) is 11.4 Å². The predicted octanol–water partition coefficient (Wildman–Crippen LogP) is 2.42. The third kappa shape index (κ3) is 5.75. The Bertz CT molecular complexity index is 1090. The molecule has 3 rings (SSSR count). The van der Waals surface area contributed by atoms with Crippen LogP contribution in [0.4, 0.5) is 8.78 Å². The smallest absolute Gasteiger partial charge is 0.274 e. The number of methoxy groups -OCH3 is 1. The highest BCUT2D eigenvalue weighted by Crippen LogP contribution is 2.21. The number of pyridine rings is 1. The molecule has 2 N–H and O–H groups in total. The molecular formula is C23H27F2N3O5. The molecule has 1 aliphatic heterocycles. The number of halogens is 2. The molecule has 0 spiro atoms. The summed E-state index contributed by atoms with van der Waals surface area (Å²) in [7, 11) is 1.65. The van der Waals surface area contributed by atoms with Gasteiger partial charge < -0.3 is 24.6 Å². The summed E-state index contributed by atoms with van der Waals surface area (Å²) in [6.07, 6.45) is 4.88. The molecule has 0 radical (unpaired) electrons. The molecule has 0 bridgehead atoms. The number of ether oxygens (including phenoxy) is 1. The Morgan fingerprint density at radius 3 is 2.64 bits per heavy atom. The minimum absolute atomic E-state index is 0.0417. The predicted molar refractivity (Wildman–Crippen MR) is 116 cm³/mol. The van der Waals surface area contributed by atoms with E-state index in [9.17, 15) is 28.3 Å². The molecule has 33 heavy (non-hydrogen) atoms. The average molecular weight is 463 g/mol. The molecule has 2 amide bonds. The van der Waals surface area contributed by atoms with Crippen molar-refractivity contribution in [2.75, 3.05) is 26.8 Å². The molecule has 8 nitrogen and oxygen atoms in total. The van der Waals surface area contributed by atoms with Gasteiger partial charge in [-0.15, -0.1) is 0 Å². The van der Waals surface area contributed by atoms with Crippen molar-refractivity contribution in [2.45, 2.75) is 38.8 Å². The number of unbranched alkanes of at least 4 members (excludes halogenated alkanes) is 3. The molecule has 0 atom stereocenters. The third-order valence-corrected chi connectivity index (χ3v) is 5.58. The summed E-state index contributed by atoms with van der Waals surface area (Å²) in [4.78, 5) is 39.5. The monoisotopic (exact) mass is 463 g/mol. The fourth-order valence-corrected chi connectivity index (χ4v) is 3.74. The van der Waals surface area contributed by atoms with Crippen molar-refractivity contribution in [2.24, 2.45) is 0 Å². The number of fused-ring (bicyclic) bond motifs is 1. The van der Waals surface area contributed by atoms with E-state index >= 15 is 0 Å². The van der Waals surface area contributed by atoms with E-state index in [4.69, 9.17) is 4.74 Å². The zero-order valence-corrected chi connectivity index (χ0v) is 18.4. The molecule has 0 saturated heterocycles. The molecule has 0 saturated carbocycles. The summed E-state index contributed by atoms with van der Waals surface area (Å²) in [6.45, 7) is 1.62. The van der Waals surface area contributed by atoms with Crippen LogP contribution in [0.2, 0.25) is 0 Å². The van der Waals surface area contributed by atoms with Gasteiger partial charge in [0, 0.05) is 57.7 Å². The highest BCUT2D eigenvalue weighted by atomic mass is 19.1. The Labute approximate surface area is 189 Å². The molecule has 2 heterocycles. The van der Waals surface area contributed by atoms with Crippen molar-refractivity contribution in [3.63, 3.8) is 0 Å². The lowest BCUT2D eigenvalue weighted by Gasteiger charge is -2.30. The number of benzene rings is 1. The number of aromatic nitrogens is 1. The zero-order valence-electron chi connectivity index (χ0n) is 18.4. The number of amides is 2. The van der Waals surface area contributed by atoms with Crippen LogP contribution in [-0.2, 0) is 17.8 Å². The van der Waals surface area contributed by atoms with E-state index in [1.807, 2.05) is 0 Å². The minimum Gasteiger partial charge on any atom is -0.503 e. The standard InChI is InChI=1S/C23H27F2N3O5/c1-33-11-5-3-2-4-8-27-9-10-28-14-17(20(29)21(30)19(28)23(27)32)22(31)26-13-15-6-7-16(24)12-18(15)25/h6-7,12,14,30H,2-5,8-11,13H2,1H3,(H,26,31). The molecule has 1 aromatic carbocycles. The number of aromatic hydroxyl groups is 1. The molecule has 2 aromatic rings. The van der Waals surface area contributed by atoms with Crippen molar-refractivity contribution >= 4 is 11.8 Å². The fourth-order valence-electron chi connectivity index (χ4n) is 3.74. The zero-order chi connectivity index (χ0) is 24.0. The van der Waals surface area contributed by atoms with Crippen LogP contribution in [0.1, 0.15) is 52.1 Å². The third-order valence-electron chi connectivity index (χ3n) is 5.58. The maximum absolute atomic E-state index is 13.8. The lowest BCUT2D eigenvalue weighted by atomic mass is 10.1. The highest BCUT2D eigenvalue weighted by Gasteiger charge is 2.30. The van der Waals surface area contributed by atoms with Crippen LogP contribution in [0.25, 0.3) is 0 Å². The molecule has 178 valence electrons. The largest absolute Gasteiger partial charge is 0.503 e. The molecule has 1 aliphatic rings. The van der Waals surface area contributed by atoms with E-state index < -0.39 is 34.6 Å². The topological polar surface area (TPSA) is 101 Å². The summed E-state index contributed by atoms with van der Waals surface area (Å²) in [5.74, 6) is -3.66. The molecule has 0 unspecified atom stereocenters. The Balaban J connectivity index is 1.68. The second-order valence-corrected chi connectivity index (χ2v) is 7.88. The van der Waals surface area contributed by atoms with Gasteiger partial charge in [-0.05, 0) is 18.9 Å². The first kappa shape index (κ1) is 24.4. The van der Waals surface area contributed by atoms with E-state index in [1.54, 1.807) is 12.0 Å². The van der Waals surface area contributed by atoms with E-state index in [-0.39, 0.29) is 23.4 Å². The number of rotatable bonds is 10. The van der Waals surface area contributed by atoms with Crippen molar-refractivity contribution in [3.05, 3.63) is 63.1 Å². The quantitative estimate of drug-likeness (QED) is 0.527. The van der Waals surface area contributed by atoms with E-state index in [2.05, 4.69) is 5.32 Å². The van der Waals surface area contributed by atoms with Crippen molar-refractivity contribution in [1.29, 1.82) is 0 Å². The second-order valence-electron chi connectivity index (χ2n) is 7.88. The summed E-state index contributed by atoms with van der Waals surface area (Å²) in [5, 5.41) is 12.8.